The van der Waals surface area contributed by atoms with Gasteiger partial charge in [0.25, 0.3) is 0 Å². The predicted molar refractivity (Wildman–Crippen MR) is 83.0 cm³/mol. The standard InChI is InChI=1S/C15H32N4O/c1-17-11-12-20-15(13-17)14-19-8-4-7-18(9-10-19)6-3-2-5-16/h15H,2-14,16H2,1H3. The third kappa shape index (κ3) is 5.66. The Hall–Kier alpha value is -0.200. The highest BCUT2D eigenvalue weighted by Gasteiger charge is 2.22. The van der Waals surface area contributed by atoms with Crippen LogP contribution in [0.3, 0.4) is 0 Å². The summed E-state index contributed by atoms with van der Waals surface area (Å²) in [6, 6.07) is 0. The second-order valence-corrected chi connectivity index (χ2v) is 6.25. The van der Waals surface area contributed by atoms with Gasteiger partial charge in [-0.3, -0.25) is 4.90 Å². The van der Waals surface area contributed by atoms with E-state index in [9.17, 15) is 0 Å². The molecule has 2 N–H and O–H groups in total. The number of hydrogen-bond donors (Lipinski definition) is 1. The van der Waals surface area contributed by atoms with Gasteiger partial charge >= 0.3 is 0 Å². The third-order valence-corrected chi connectivity index (χ3v) is 4.41. The molecule has 1 atom stereocenters. The highest BCUT2D eigenvalue weighted by molar-refractivity contribution is 4.76. The van der Waals surface area contributed by atoms with E-state index in [0.29, 0.717) is 6.10 Å². The maximum atomic E-state index is 5.89. The molecule has 1 unspecified atom stereocenters. The second-order valence-electron chi connectivity index (χ2n) is 6.25. The molecule has 0 aromatic carbocycles. The van der Waals surface area contributed by atoms with Gasteiger partial charge in [0.2, 0.25) is 0 Å². The summed E-state index contributed by atoms with van der Waals surface area (Å²) >= 11 is 0. The minimum absolute atomic E-state index is 0.401. The summed E-state index contributed by atoms with van der Waals surface area (Å²) in [5, 5.41) is 0. The number of morpholine rings is 1. The van der Waals surface area contributed by atoms with Gasteiger partial charge in [0.05, 0.1) is 12.7 Å². The number of ether oxygens (including phenoxy) is 1. The van der Waals surface area contributed by atoms with Crippen LogP contribution in [-0.2, 0) is 4.74 Å². The van der Waals surface area contributed by atoms with Gasteiger partial charge in [0.15, 0.2) is 0 Å². The number of likely N-dealkylation sites (N-methyl/N-ethyl adjacent to an activating group) is 1. The van der Waals surface area contributed by atoms with E-state index in [1.807, 2.05) is 0 Å². The molecule has 0 bridgehead atoms. The lowest BCUT2D eigenvalue weighted by molar-refractivity contribution is -0.0350. The van der Waals surface area contributed by atoms with Crippen LogP contribution in [0, 0.1) is 0 Å². The average Bonchev–Trinajstić information content (AvgIpc) is 2.65. The Morgan fingerprint density at radius 1 is 1.05 bits per heavy atom. The molecular weight excluding hydrogens is 252 g/mol. The topological polar surface area (TPSA) is 45.0 Å². The Bertz CT molecular complexity index is 264. The molecule has 2 rings (SSSR count). The fourth-order valence-electron chi connectivity index (χ4n) is 3.18. The molecule has 2 aliphatic heterocycles. The van der Waals surface area contributed by atoms with Crippen LogP contribution in [0.2, 0.25) is 0 Å². The largest absolute Gasteiger partial charge is 0.374 e. The molecule has 0 amide bonds. The summed E-state index contributed by atoms with van der Waals surface area (Å²) in [7, 11) is 2.19. The molecule has 5 heteroatoms. The molecule has 5 nitrogen and oxygen atoms in total. The van der Waals surface area contributed by atoms with Crippen molar-refractivity contribution in [2.45, 2.75) is 25.4 Å². The van der Waals surface area contributed by atoms with Crippen molar-refractivity contribution in [3.63, 3.8) is 0 Å². The van der Waals surface area contributed by atoms with Gasteiger partial charge in [-0.05, 0) is 52.5 Å². The maximum Gasteiger partial charge on any atom is 0.0829 e. The minimum Gasteiger partial charge on any atom is -0.374 e. The Morgan fingerprint density at radius 2 is 1.85 bits per heavy atom. The molecule has 0 saturated carbocycles. The Balaban J connectivity index is 1.66. The summed E-state index contributed by atoms with van der Waals surface area (Å²) in [5.41, 5.74) is 5.57. The van der Waals surface area contributed by atoms with Gasteiger partial charge < -0.3 is 20.3 Å². The lowest BCUT2D eigenvalue weighted by atomic mass is 10.2. The Labute approximate surface area is 124 Å². The molecule has 118 valence electrons. The number of nitrogens with zero attached hydrogens (tertiary/aromatic N) is 3. The van der Waals surface area contributed by atoms with Crippen LogP contribution in [0.4, 0.5) is 0 Å². The van der Waals surface area contributed by atoms with Crippen molar-refractivity contribution in [2.24, 2.45) is 5.73 Å². The fraction of sp³-hybridized carbons (Fsp3) is 1.00. The van der Waals surface area contributed by atoms with E-state index >= 15 is 0 Å². The van der Waals surface area contributed by atoms with Gasteiger partial charge in [0.1, 0.15) is 0 Å². The van der Waals surface area contributed by atoms with Crippen LogP contribution in [0.25, 0.3) is 0 Å². The van der Waals surface area contributed by atoms with Crippen molar-refractivity contribution in [3.05, 3.63) is 0 Å². The quantitative estimate of drug-likeness (QED) is 0.699. The van der Waals surface area contributed by atoms with E-state index in [4.69, 9.17) is 10.5 Å². The first kappa shape index (κ1) is 16.2. The first-order chi connectivity index (χ1) is 9.78. The van der Waals surface area contributed by atoms with Crippen molar-refractivity contribution >= 4 is 0 Å². The summed E-state index contributed by atoms with van der Waals surface area (Å²) in [4.78, 5) is 7.57. The number of unbranched alkanes of at least 4 members (excludes halogenated alkanes) is 1. The van der Waals surface area contributed by atoms with Crippen LogP contribution in [0.15, 0.2) is 0 Å². The highest BCUT2D eigenvalue weighted by atomic mass is 16.5. The first-order valence-electron chi connectivity index (χ1n) is 8.23. The van der Waals surface area contributed by atoms with E-state index in [-0.39, 0.29) is 0 Å². The number of hydrogen-bond acceptors (Lipinski definition) is 5. The van der Waals surface area contributed by atoms with Gasteiger partial charge in [0, 0.05) is 32.7 Å². The van der Waals surface area contributed by atoms with Crippen LogP contribution < -0.4 is 5.73 Å². The second kappa shape index (κ2) is 8.95. The average molecular weight is 284 g/mol. The van der Waals surface area contributed by atoms with E-state index < -0.39 is 0 Å². The molecule has 0 spiro atoms. The monoisotopic (exact) mass is 284 g/mol. The molecule has 2 saturated heterocycles. The van der Waals surface area contributed by atoms with Crippen LogP contribution >= 0.6 is 0 Å². The molecule has 20 heavy (non-hydrogen) atoms. The van der Waals surface area contributed by atoms with E-state index in [1.54, 1.807) is 0 Å². The lowest BCUT2D eigenvalue weighted by Gasteiger charge is -2.33. The third-order valence-electron chi connectivity index (χ3n) is 4.41. The molecule has 2 fully saturated rings. The smallest absolute Gasteiger partial charge is 0.0829 e. The van der Waals surface area contributed by atoms with E-state index in [0.717, 1.165) is 39.2 Å². The van der Waals surface area contributed by atoms with E-state index in [2.05, 4.69) is 21.7 Å². The minimum atomic E-state index is 0.401. The Kier molecular flexibility index (Phi) is 7.24. The predicted octanol–water partition coefficient (Wildman–Crippen LogP) is 0.0636. The maximum absolute atomic E-state index is 5.89. The highest BCUT2D eigenvalue weighted by Crippen LogP contribution is 2.09. The van der Waals surface area contributed by atoms with Crippen LogP contribution in [0.1, 0.15) is 19.3 Å². The summed E-state index contributed by atoms with van der Waals surface area (Å²) in [6.07, 6.45) is 4.08. The molecule has 2 heterocycles. The zero-order chi connectivity index (χ0) is 14.2. The molecule has 0 aromatic heterocycles. The zero-order valence-corrected chi connectivity index (χ0v) is 13.1. The van der Waals surface area contributed by atoms with Crippen molar-refractivity contribution in [2.75, 3.05) is 72.6 Å². The van der Waals surface area contributed by atoms with E-state index in [1.165, 1.54) is 45.6 Å². The van der Waals surface area contributed by atoms with Gasteiger partial charge in [-0.1, -0.05) is 0 Å². The Morgan fingerprint density at radius 3 is 2.65 bits per heavy atom. The zero-order valence-electron chi connectivity index (χ0n) is 13.1. The molecule has 0 radical (unpaired) electrons. The van der Waals surface area contributed by atoms with Gasteiger partial charge in [-0.15, -0.1) is 0 Å². The first-order valence-corrected chi connectivity index (χ1v) is 8.23. The van der Waals surface area contributed by atoms with Gasteiger partial charge in [-0.2, -0.15) is 0 Å². The molecule has 2 aliphatic rings. The van der Waals surface area contributed by atoms with Crippen LogP contribution in [0.5, 0.6) is 0 Å². The number of nitrogens with two attached hydrogens (primary N) is 1. The lowest BCUT2D eigenvalue weighted by Crippen LogP contribution is -2.46. The molecule has 0 aromatic rings. The normalized spacial score (nSPS) is 27.6. The van der Waals surface area contributed by atoms with Gasteiger partial charge in [-0.25, -0.2) is 0 Å². The van der Waals surface area contributed by atoms with Crippen LogP contribution in [-0.4, -0.2) is 93.4 Å². The fourth-order valence-corrected chi connectivity index (χ4v) is 3.18. The van der Waals surface area contributed by atoms with Crippen molar-refractivity contribution in [1.29, 1.82) is 0 Å². The summed E-state index contributed by atoms with van der Waals surface area (Å²) < 4.78 is 5.89. The SMILES string of the molecule is CN1CCOC(CN2CCCN(CCCCN)CC2)C1. The van der Waals surface area contributed by atoms with Crippen molar-refractivity contribution < 1.29 is 4.74 Å². The number of rotatable bonds is 6. The van der Waals surface area contributed by atoms with Crippen molar-refractivity contribution in [1.82, 2.24) is 14.7 Å². The summed E-state index contributed by atoms with van der Waals surface area (Å²) in [6.45, 7) is 11.0. The van der Waals surface area contributed by atoms with Crippen molar-refractivity contribution in [3.8, 4) is 0 Å². The summed E-state index contributed by atoms with van der Waals surface area (Å²) in [5.74, 6) is 0. The molecule has 0 aliphatic carbocycles. The molecular formula is C15H32N4O.